The van der Waals surface area contributed by atoms with E-state index < -0.39 is 35.2 Å². The molecule has 0 aliphatic rings. The van der Waals surface area contributed by atoms with Crippen molar-refractivity contribution in [3.63, 3.8) is 0 Å². The standard InChI is InChI=1S/C11H10F6O2/c1-3-18-8-5-4-7(19-11(15,16)17)6(2)9(8)10(12,13)14/h4-5H,3H2,1-2H3. The van der Waals surface area contributed by atoms with E-state index >= 15 is 0 Å². The van der Waals surface area contributed by atoms with Crippen molar-refractivity contribution in [2.75, 3.05) is 6.61 Å². The minimum Gasteiger partial charge on any atom is -0.493 e. The van der Waals surface area contributed by atoms with Gasteiger partial charge in [0.2, 0.25) is 0 Å². The zero-order valence-electron chi connectivity index (χ0n) is 9.95. The molecule has 0 radical (unpaired) electrons. The van der Waals surface area contributed by atoms with Gasteiger partial charge in [0.25, 0.3) is 0 Å². The summed E-state index contributed by atoms with van der Waals surface area (Å²) < 4.78 is 83.0. The van der Waals surface area contributed by atoms with Crippen molar-refractivity contribution in [3.05, 3.63) is 23.3 Å². The van der Waals surface area contributed by atoms with E-state index in [0.717, 1.165) is 19.1 Å². The van der Waals surface area contributed by atoms with Crippen LogP contribution >= 0.6 is 0 Å². The molecule has 0 heterocycles. The Kier molecular flexibility index (Phi) is 4.21. The summed E-state index contributed by atoms with van der Waals surface area (Å²) in [6.45, 7) is 2.32. The minimum atomic E-state index is -5.05. The highest BCUT2D eigenvalue weighted by atomic mass is 19.4. The summed E-state index contributed by atoms with van der Waals surface area (Å²) in [6.07, 6.45) is -9.89. The van der Waals surface area contributed by atoms with E-state index in [9.17, 15) is 26.3 Å². The summed E-state index contributed by atoms with van der Waals surface area (Å²) in [5.74, 6) is -1.43. The molecule has 0 aliphatic heterocycles. The predicted molar refractivity (Wildman–Crippen MR) is 54.0 cm³/mol. The van der Waals surface area contributed by atoms with Gasteiger partial charge in [0, 0.05) is 5.56 Å². The second kappa shape index (κ2) is 5.18. The highest BCUT2D eigenvalue weighted by molar-refractivity contribution is 5.49. The SMILES string of the molecule is CCOc1ccc(OC(F)(F)F)c(C)c1C(F)(F)F. The van der Waals surface area contributed by atoms with Crippen molar-refractivity contribution in [2.45, 2.75) is 26.4 Å². The van der Waals surface area contributed by atoms with E-state index in [1.165, 1.54) is 6.92 Å². The van der Waals surface area contributed by atoms with Crippen LogP contribution in [0, 0.1) is 6.92 Å². The smallest absolute Gasteiger partial charge is 0.493 e. The molecule has 0 aromatic heterocycles. The molecular weight excluding hydrogens is 278 g/mol. The van der Waals surface area contributed by atoms with Gasteiger partial charge in [-0.3, -0.25) is 0 Å². The quantitative estimate of drug-likeness (QED) is 0.771. The molecule has 0 fully saturated rings. The summed E-state index contributed by atoms with van der Waals surface area (Å²) in [4.78, 5) is 0. The van der Waals surface area contributed by atoms with Crippen LogP contribution in [0.1, 0.15) is 18.1 Å². The number of ether oxygens (including phenoxy) is 2. The molecule has 19 heavy (non-hydrogen) atoms. The van der Waals surface area contributed by atoms with Crippen LogP contribution in [0.5, 0.6) is 11.5 Å². The summed E-state index contributed by atoms with van der Waals surface area (Å²) in [7, 11) is 0. The Balaban J connectivity index is 3.34. The van der Waals surface area contributed by atoms with Gasteiger partial charge in [-0.15, -0.1) is 13.2 Å². The molecule has 0 bridgehead atoms. The van der Waals surface area contributed by atoms with Crippen LogP contribution in [-0.2, 0) is 6.18 Å². The molecule has 0 spiro atoms. The lowest BCUT2D eigenvalue weighted by molar-refractivity contribution is -0.275. The predicted octanol–water partition coefficient (Wildman–Crippen LogP) is 4.31. The molecule has 0 N–H and O–H groups in total. The van der Waals surface area contributed by atoms with E-state index in [2.05, 4.69) is 4.74 Å². The molecule has 108 valence electrons. The summed E-state index contributed by atoms with van der Waals surface area (Å²) in [5, 5.41) is 0. The Morgan fingerprint density at radius 3 is 1.95 bits per heavy atom. The zero-order chi connectivity index (χ0) is 14.8. The van der Waals surface area contributed by atoms with Crippen LogP contribution in [0.2, 0.25) is 0 Å². The van der Waals surface area contributed by atoms with Crippen molar-refractivity contribution < 1.29 is 35.8 Å². The fraction of sp³-hybridized carbons (Fsp3) is 0.455. The van der Waals surface area contributed by atoms with Crippen molar-refractivity contribution in [2.24, 2.45) is 0 Å². The fourth-order valence-electron chi connectivity index (χ4n) is 1.53. The van der Waals surface area contributed by atoms with Crippen molar-refractivity contribution in [3.8, 4) is 11.5 Å². The Bertz CT molecular complexity index is 450. The van der Waals surface area contributed by atoms with Crippen LogP contribution in [0.25, 0.3) is 0 Å². The molecule has 0 atom stereocenters. The number of hydrogen-bond donors (Lipinski definition) is 0. The van der Waals surface area contributed by atoms with Crippen LogP contribution in [0.15, 0.2) is 12.1 Å². The molecule has 1 rings (SSSR count). The van der Waals surface area contributed by atoms with Gasteiger partial charge < -0.3 is 9.47 Å². The monoisotopic (exact) mass is 288 g/mol. The normalized spacial score (nSPS) is 12.4. The highest BCUT2D eigenvalue weighted by Gasteiger charge is 2.39. The fourth-order valence-corrected chi connectivity index (χ4v) is 1.53. The maximum absolute atomic E-state index is 12.8. The van der Waals surface area contributed by atoms with Gasteiger partial charge in [-0.25, -0.2) is 0 Å². The van der Waals surface area contributed by atoms with Crippen molar-refractivity contribution in [1.29, 1.82) is 0 Å². The Morgan fingerprint density at radius 1 is 1.00 bits per heavy atom. The van der Waals surface area contributed by atoms with Crippen molar-refractivity contribution >= 4 is 0 Å². The summed E-state index contributed by atoms with van der Waals surface area (Å²) in [6, 6.07) is 1.60. The Labute approximate surface area is 104 Å². The number of alkyl halides is 6. The largest absolute Gasteiger partial charge is 0.573 e. The first-order chi connectivity index (χ1) is 8.56. The van der Waals surface area contributed by atoms with Crippen molar-refractivity contribution in [1.82, 2.24) is 0 Å². The first-order valence-corrected chi connectivity index (χ1v) is 5.15. The second-order valence-corrected chi connectivity index (χ2v) is 3.54. The minimum absolute atomic E-state index is 0.0397. The third-order valence-corrected chi connectivity index (χ3v) is 2.19. The molecule has 0 amide bonds. The summed E-state index contributed by atoms with van der Waals surface area (Å²) >= 11 is 0. The van der Waals surface area contributed by atoms with Gasteiger partial charge in [0.1, 0.15) is 17.1 Å². The number of benzene rings is 1. The average molecular weight is 288 g/mol. The third kappa shape index (κ3) is 3.93. The molecule has 1 aromatic rings. The molecule has 8 heteroatoms. The molecule has 0 saturated carbocycles. The molecule has 0 aliphatic carbocycles. The van der Waals surface area contributed by atoms with E-state index in [0.29, 0.717) is 0 Å². The van der Waals surface area contributed by atoms with E-state index in [1.807, 2.05) is 0 Å². The molecular formula is C11H10F6O2. The highest BCUT2D eigenvalue weighted by Crippen LogP contribution is 2.42. The van der Waals surface area contributed by atoms with Gasteiger partial charge in [-0.05, 0) is 26.0 Å². The first kappa shape index (κ1) is 15.5. The molecule has 0 unspecified atom stereocenters. The van der Waals surface area contributed by atoms with Gasteiger partial charge in [0.15, 0.2) is 0 Å². The summed E-state index contributed by atoms with van der Waals surface area (Å²) in [5.41, 5.74) is -1.94. The number of hydrogen-bond acceptors (Lipinski definition) is 2. The van der Waals surface area contributed by atoms with E-state index in [-0.39, 0.29) is 6.61 Å². The van der Waals surface area contributed by atoms with Gasteiger partial charge in [-0.1, -0.05) is 0 Å². The van der Waals surface area contributed by atoms with Gasteiger partial charge in [0.05, 0.1) is 6.61 Å². The Hall–Kier alpha value is -1.60. The first-order valence-electron chi connectivity index (χ1n) is 5.15. The number of halogens is 6. The lowest BCUT2D eigenvalue weighted by Crippen LogP contribution is -2.19. The van der Waals surface area contributed by atoms with E-state index in [4.69, 9.17) is 4.74 Å². The Morgan fingerprint density at radius 2 is 1.53 bits per heavy atom. The maximum atomic E-state index is 12.8. The average Bonchev–Trinajstić information content (AvgIpc) is 2.19. The lowest BCUT2D eigenvalue weighted by Gasteiger charge is -2.19. The van der Waals surface area contributed by atoms with Gasteiger partial charge in [-0.2, -0.15) is 13.2 Å². The lowest BCUT2D eigenvalue weighted by atomic mass is 10.1. The topological polar surface area (TPSA) is 18.5 Å². The van der Waals surface area contributed by atoms with Crippen LogP contribution in [0.3, 0.4) is 0 Å². The molecule has 1 aromatic carbocycles. The van der Waals surface area contributed by atoms with E-state index in [1.54, 1.807) is 0 Å². The second-order valence-electron chi connectivity index (χ2n) is 3.54. The maximum Gasteiger partial charge on any atom is 0.573 e. The molecule has 0 saturated heterocycles. The molecule has 2 nitrogen and oxygen atoms in total. The third-order valence-electron chi connectivity index (χ3n) is 2.19. The number of rotatable bonds is 3. The zero-order valence-corrected chi connectivity index (χ0v) is 9.95. The van der Waals surface area contributed by atoms with Crippen LogP contribution in [0.4, 0.5) is 26.3 Å². The van der Waals surface area contributed by atoms with Crippen LogP contribution in [-0.4, -0.2) is 13.0 Å². The van der Waals surface area contributed by atoms with Gasteiger partial charge >= 0.3 is 12.5 Å². The van der Waals surface area contributed by atoms with Crippen LogP contribution < -0.4 is 9.47 Å².